The highest BCUT2D eigenvalue weighted by molar-refractivity contribution is 7.09. The van der Waals surface area contributed by atoms with Crippen molar-refractivity contribution in [3.8, 4) is 0 Å². The first-order valence-corrected chi connectivity index (χ1v) is 7.67. The van der Waals surface area contributed by atoms with Crippen LogP contribution in [0, 0.1) is 5.82 Å². The van der Waals surface area contributed by atoms with Gasteiger partial charge < -0.3 is 5.32 Å². The van der Waals surface area contributed by atoms with Crippen LogP contribution in [0.25, 0.3) is 0 Å². The van der Waals surface area contributed by atoms with Crippen LogP contribution < -0.4 is 5.32 Å². The molecule has 0 fully saturated rings. The summed E-state index contributed by atoms with van der Waals surface area (Å²) in [5, 5.41) is 5.73. The third kappa shape index (κ3) is 3.78. The average Bonchev–Trinajstić information content (AvgIpc) is 2.91. The van der Waals surface area contributed by atoms with Crippen LogP contribution in [0.4, 0.5) is 4.39 Å². The maximum absolute atomic E-state index is 13.6. The van der Waals surface area contributed by atoms with Gasteiger partial charge in [0, 0.05) is 17.3 Å². The second-order valence-electron chi connectivity index (χ2n) is 4.43. The van der Waals surface area contributed by atoms with E-state index in [-0.39, 0.29) is 16.9 Å². The zero-order valence-electron chi connectivity index (χ0n) is 10.8. The van der Waals surface area contributed by atoms with E-state index >= 15 is 0 Å². The van der Waals surface area contributed by atoms with E-state index in [0.29, 0.717) is 0 Å². The Hall–Kier alpha value is -0.900. The molecule has 1 heterocycles. The molecule has 0 aliphatic carbocycles. The van der Waals surface area contributed by atoms with Crippen LogP contribution in [0.3, 0.4) is 0 Å². The molecular formula is C15H17ClFNS. The number of rotatable bonds is 6. The second kappa shape index (κ2) is 7.04. The summed E-state index contributed by atoms with van der Waals surface area (Å²) in [6.07, 6.45) is 1.87. The molecule has 1 aromatic carbocycles. The van der Waals surface area contributed by atoms with Gasteiger partial charge in [0.1, 0.15) is 5.82 Å². The van der Waals surface area contributed by atoms with E-state index < -0.39 is 0 Å². The molecule has 4 heteroatoms. The Balaban J connectivity index is 2.23. The van der Waals surface area contributed by atoms with Crippen molar-refractivity contribution in [1.82, 2.24) is 5.32 Å². The number of hydrogen-bond acceptors (Lipinski definition) is 2. The molecule has 2 rings (SSSR count). The summed E-state index contributed by atoms with van der Waals surface area (Å²) in [4.78, 5) is 1.27. The number of hydrogen-bond donors (Lipinski definition) is 1. The lowest BCUT2D eigenvalue weighted by molar-refractivity contribution is 0.527. The van der Waals surface area contributed by atoms with Crippen molar-refractivity contribution in [3.63, 3.8) is 0 Å². The van der Waals surface area contributed by atoms with Gasteiger partial charge in [-0.05, 0) is 36.0 Å². The van der Waals surface area contributed by atoms with Crippen LogP contribution in [0.15, 0.2) is 35.7 Å². The normalized spacial score (nSPS) is 12.6. The van der Waals surface area contributed by atoms with E-state index in [2.05, 4.69) is 23.7 Å². The highest BCUT2D eigenvalue weighted by Crippen LogP contribution is 2.29. The Morgan fingerprint density at radius 3 is 2.84 bits per heavy atom. The molecule has 0 aliphatic rings. The lowest BCUT2D eigenvalue weighted by atomic mass is 10.0. The number of halogens is 2. The summed E-state index contributed by atoms with van der Waals surface area (Å²) in [7, 11) is 0. The van der Waals surface area contributed by atoms with Gasteiger partial charge in [0.15, 0.2) is 0 Å². The van der Waals surface area contributed by atoms with Gasteiger partial charge >= 0.3 is 0 Å². The Labute approximate surface area is 122 Å². The lowest BCUT2D eigenvalue weighted by Gasteiger charge is -2.19. The van der Waals surface area contributed by atoms with E-state index in [9.17, 15) is 4.39 Å². The minimum absolute atomic E-state index is 0.0572. The van der Waals surface area contributed by atoms with Crippen molar-refractivity contribution in [1.29, 1.82) is 0 Å². The van der Waals surface area contributed by atoms with Crippen molar-refractivity contribution in [2.45, 2.75) is 25.8 Å². The van der Waals surface area contributed by atoms with Crippen LogP contribution in [0.2, 0.25) is 5.02 Å². The van der Waals surface area contributed by atoms with Gasteiger partial charge in [-0.25, -0.2) is 4.39 Å². The summed E-state index contributed by atoms with van der Waals surface area (Å²) in [6, 6.07) is 9.19. The number of thiophene rings is 1. The van der Waals surface area contributed by atoms with Crippen LogP contribution >= 0.6 is 22.9 Å². The first kappa shape index (κ1) is 14.5. The van der Waals surface area contributed by atoms with E-state index in [1.54, 1.807) is 17.4 Å². The molecule has 0 aliphatic heterocycles. The maximum atomic E-state index is 13.6. The molecule has 0 saturated carbocycles. The molecule has 0 saturated heterocycles. The van der Waals surface area contributed by atoms with Crippen molar-refractivity contribution >= 4 is 22.9 Å². The first-order chi connectivity index (χ1) is 9.22. The smallest absolute Gasteiger partial charge is 0.142 e. The van der Waals surface area contributed by atoms with Crippen molar-refractivity contribution in [3.05, 3.63) is 57.0 Å². The minimum Gasteiger partial charge on any atom is -0.310 e. The molecule has 1 atom stereocenters. The van der Waals surface area contributed by atoms with E-state index in [1.807, 2.05) is 12.1 Å². The van der Waals surface area contributed by atoms with E-state index in [0.717, 1.165) is 24.9 Å². The predicted octanol–water partition coefficient (Wildman–Crippen LogP) is 4.82. The fourth-order valence-electron chi connectivity index (χ4n) is 2.03. The topological polar surface area (TPSA) is 12.0 Å². The van der Waals surface area contributed by atoms with Gasteiger partial charge in [0.05, 0.1) is 5.02 Å². The van der Waals surface area contributed by atoms with Gasteiger partial charge in [0.2, 0.25) is 0 Å². The average molecular weight is 298 g/mol. The molecule has 1 aromatic heterocycles. The molecule has 0 amide bonds. The maximum Gasteiger partial charge on any atom is 0.142 e. The van der Waals surface area contributed by atoms with Crippen molar-refractivity contribution in [2.75, 3.05) is 6.54 Å². The molecular weight excluding hydrogens is 281 g/mol. The fraction of sp³-hybridized carbons (Fsp3) is 0.333. The molecule has 1 nitrogen and oxygen atoms in total. The molecule has 0 bridgehead atoms. The largest absolute Gasteiger partial charge is 0.310 e. The summed E-state index contributed by atoms with van der Waals surface area (Å²) < 4.78 is 13.6. The SMILES string of the molecule is CCCNC(Cc1cccs1)c1cccc(F)c1Cl. The quantitative estimate of drug-likeness (QED) is 0.806. The zero-order chi connectivity index (χ0) is 13.7. The minimum atomic E-state index is -0.353. The molecule has 1 unspecified atom stereocenters. The highest BCUT2D eigenvalue weighted by atomic mass is 35.5. The zero-order valence-corrected chi connectivity index (χ0v) is 12.4. The summed E-state index contributed by atoms with van der Waals surface area (Å²) in [6.45, 7) is 3.01. The Kier molecular flexibility index (Phi) is 5.37. The third-order valence-electron chi connectivity index (χ3n) is 2.98. The highest BCUT2D eigenvalue weighted by Gasteiger charge is 2.17. The monoisotopic (exact) mass is 297 g/mol. The number of nitrogens with one attached hydrogen (secondary N) is 1. The second-order valence-corrected chi connectivity index (χ2v) is 5.84. The summed E-state index contributed by atoms with van der Waals surface area (Å²) >= 11 is 7.81. The van der Waals surface area contributed by atoms with Crippen molar-refractivity contribution < 1.29 is 4.39 Å². The first-order valence-electron chi connectivity index (χ1n) is 6.42. The van der Waals surface area contributed by atoms with Crippen molar-refractivity contribution in [2.24, 2.45) is 0 Å². The van der Waals surface area contributed by atoms with Gasteiger partial charge in [-0.1, -0.05) is 36.7 Å². The molecule has 102 valence electrons. The van der Waals surface area contributed by atoms with Crippen LogP contribution in [0.5, 0.6) is 0 Å². The Morgan fingerprint density at radius 2 is 2.16 bits per heavy atom. The van der Waals surface area contributed by atoms with E-state index in [4.69, 9.17) is 11.6 Å². The standard InChI is InChI=1S/C15H17ClFNS/c1-2-8-18-14(10-11-5-4-9-19-11)12-6-3-7-13(17)15(12)16/h3-7,9,14,18H,2,8,10H2,1H3. The van der Waals surface area contributed by atoms with Gasteiger partial charge in [0.25, 0.3) is 0 Å². The summed E-state index contributed by atoms with van der Waals surface area (Å²) in [5.41, 5.74) is 0.837. The van der Waals surface area contributed by atoms with Crippen LogP contribution in [-0.4, -0.2) is 6.54 Å². The van der Waals surface area contributed by atoms with Crippen LogP contribution in [0.1, 0.15) is 29.8 Å². The van der Waals surface area contributed by atoms with E-state index in [1.165, 1.54) is 10.9 Å². The molecule has 0 spiro atoms. The molecule has 0 radical (unpaired) electrons. The molecule has 1 N–H and O–H groups in total. The van der Waals surface area contributed by atoms with Gasteiger partial charge in [-0.15, -0.1) is 11.3 Å². The van der Waals surface area contributed by atoms with Gasteiger partial charge in [-0.3, -0.25) is 0 Å². The summed E-state index contributed by atoms with van der Waals surface area (Å²) in [5.74, 6) is -0.353. The fourth-order valence-corrected chi connectivity index (χ4v) is 3.04. The Morgan fingerprint density at radius 1 is 1.32 bits per heavy atom. The Bertz CT molecular complexity index is 513. The third-order valence-corrected chi connectivity index (χ3v) is 4.28. The number of benzene rings is 1. The molecule has 2 aromatic rings. The lowest BCUT2D eigenvalue weighted by Crippen LogP contribution is -2.24. The predicted molar refractivity (Wildman–Crippen MR) is 80.5 cm³/mol. The van der Waals surface area contributed by atoms with Gasteiger partial charge in [-0.2, -0.15) is 0 Å². The van der Waals surface area contributed by atoms with Crippen LogP contribution in [-0.2, 0) is 6.42 Å². The molecule has 19 heavy (non-hydrogen) atoms.